The molecule has 1 aromatic carbocycles. The number of aromatic nitrogens is 3. The molecule has 1 fully saturated rings. The molecule has 0 saturated heterocycles. The molecule has 1 aliphatic rings. The maximum absolute atomic E-state index is 12.6. The molecule has 3 aromatic heterocycles. The standard InChI is InChI=1S/C25H24N6O2/c26-10-19(25(33)28-12-18-9-24(32)30-22-4-2-1-3-21(18)22)11-27-13-20-15-31-14-17(16-5-6-16)7-8-23(31)29-20/h1-4,7-11,14-16H,5-6,12-13,26H2,(H,28,33)(H,30,32). The summed E-state index contributed by atoms with van der Waals surface area (Å²) in [5, 5.41) is 3.69. The number of amides is 1. The van der Waals surface area contributed by atoms with E-state index in [0.29, 0.717) is 12.5 Å². The number of aliphatic imine (C=N–C) groups is 1. The minimum atomic E-state index is -0.366. The molecule has 0 atom stereocenters. The van der Waals surface area contributed by atoms with Crippen LogP contribution in [0, 0.1) is 0 Å². The van der Waals surface area contributed by atoms with Crippen molar-refractivity contribution >= 4 is 28.7 Å². The fourth-order valence-electron chi connectivity index (χ4n) is 3.91. The third-order valence-electron chi connectivity index (χ3n) is 5.77. The summed E-state index contributed by atoms with van der Waals surface area (Å²) < 4.78 is 2.02. The molecule has 0 radical (unpaired) electrons. The van der Waals surface area contributed by atoms with Gasteiger partial charge in [-0.25, -0.2) is 4.98 Å². The van der Waals surface area contributed by atoms with Gasteiger partial charge in [0.2, 0.25) is 5.56 Å². The Bertz CT molecular complexity index is 1460. The van der Waals surface area contributed by atoms with Gasteiger partial charge in [0, 0.05) is 48.3 Å². The second kappa shape index (κ2) is 8.74. The van der Waals surface area contributed by atoms with Crippen LogP contribution in [0.2, 0.25) is 0 Å². The summed E-state index contributed by atoms with van der Waals surface area (Å²) in [4.78, 5) is 36.2. The van der Waals surface area contributed by atoms with Crippen LogP contribution in [0.4, 0.5) is 0 Å². The van der Waals surface area contributed by atoms with Gasteiger partial charge in [-0.05, 0) is 42.0 Å². The number of H-pyrrole nitrogens is 1. The van der Waals surface area contributed by atoms with E-state index >= 15 is 0 Å². The van der Waals surface area contributed by atoms with Crippen LogP contribution in [0.1, 0.15) is 35.6 Å². The highest BCUT2D eigenvalue weighted by atomic mass is 16.1. The summed E-state index contributed by atoms with van der Waals surface area (Å²) in [7, 11) is 0. The fourth-order valence-corrected chi connectivity index (χ4v) is 3.91. The van der Waals surface area contributed by atoms with Gasteiger partial charge in [-0.15, -0.1) is 0 Å². The molecule has 1 aliphatic carbocycles. The predicted molar refractivity (Wildman–Crippen MR) is 128 cm³/mol. The molecule has 8 heteroatoms. The molecule has 0 bridgehead atoms. The normalized spacial score (nSPS) is 14.4. The first-order valence-corrected chi connectivity index (χ1v) is 10.9. The molecule has 1 amide bonds. The molecule has 0 spiro atoms. The number of carbonyl (C=O) groups is 1. The zero-order valence-corrected chi connectivity index (χ0v) is 18.0. The number of rotatable bonds is 7. The monoisotopic (exact) mass is 440 g/mol. The van der Waals surface area contributed by atoms with Gasteiger partial charge < -0.3 is 20.4 Å². The van der Waals surface area contributed by atoms with Crippen LogP contribution in [-0.2, 0) is 17.9 Å². The predicted octanol–water partition coefficient (Wildman–Crippen LogP) is 2.78. The van der Waals surface area contributed by atoms with Crippen LogP contribution in [0.15, 0.2) is 76.4 Å². The largest absolute Gasteiger partial charge is 0.404 e. The average Bonchev–Trinajstić information content (AvgIpc) is 3.59. The number of nitrogens with two attached hydrogens (primary N) is 1. The van der Waals surface area contributed by atoms with E-state index in [1.165, 1.54) is 36.9 Å². The van der Waals surface area contributed by atoms with Crippen LogP contribution < -0.4 is 16.6 Å². The van der Waals surface area contributed by atoms with Gasteiger partial charge in [0.05, 0.1) is 17.8 Å². The van der Waals surface area contributed by atoms with E-state index < -0.39 is 0 Å². The number of para-hydroxylation sites is 1. The number of fused-ring (bicyclic) bond motifs is 2. The van der Waals surface area contributed by atoms with E-state index in [1.807, 2.05) is 40.9 Å². The molecule has 8 nitrogen and oxygen atoms in total. The van der Waals surface area contributed by atoms with Crippen molar-refractivity contribution in [3.63, 3.8) is 0 Å². The van der Waals surface area contributed by atoms with Crippen molar-refractivity contribution in [2.75, 3.05) is 0 Å². The maximum atomic E-state index is 12.6. The summed E-state index contributed by atoms with van der Waals surface area (Å²) in [5.74, 6) is 0.316. The van der Waals surface area contributed by atoms with Crippen LogP contribution in [0.3, 0.4) is 0 Å². The van der Waals surface area contributed by atoms with E-state index in [9.17, 15) is 9.59 Å². The zero-order valence-electron chi connectivity index (χ0n) is 18.0. The molecule has 33 heavy (non-hydrogen) atoms. The van der Waals surface area contributed by atoms with Crippen molar-refractivity contribution in [3.05, 3.63) is 93.8 Å². The molecule has 4 N–H and O–H groups in total. The van der Waals surface area contributed by atoms with E-state index in [2.05, 4.69) is 32.5 Å². The number of nitrogens with one attached hydrogen (secondary N) is 2. The minimum Gasteiger partial charge on any atom is -0.404 e. The Hall–Kier alpha value is -4.20. The molecular weight excluding hydrogens is 416 g/mol. The minimum absolute atomic E-state index is 0.199. The van der Waals surface area contributed by atoms with Crippen molar-refractivity contribution < 1.29 is 4.79 Å². The first-order chi connectivity index (χ1) is 16.1. The molecular formula is C25H24N6O2. The van der Waals surface area contributed by atoms with Crippen molar-refractivity contribution in [3.8, 4) is 0 Å². The number of carbonyl (C=O) groups excluding carboxylic acids is 1. The Labute approximate surface area is 189 Å². The number of pyridine rings is 2. The summed E-state index contributed by atoms with van der Waals surface area (Å²) in [6, 6.07) is 13.1. The summed E-state index contributed by atoms with van der Waals surface area (Å²) in [6.07, 6.45) is 9.27. The van der Waals surface area contributed by atoms with Crippen molar-refractivity contribution in [2.24, 2.45) is 10.7 Å². The van der Waals surface area contributed by atoms with Crippen molar-refractivity contribution in [1.82, 2.24) is 19.7 Å². The third-order valence-corrected chi connectivity index (χ3v) is 5.77. The summed E-state index contributed by atoms with van der Waals surface area (Å²) in [6.45, 7) is 0.536. The Morgan fingerprint density at radius 1 is 1.24 bits per heavy atom. The lowest BCUT2D eigenvalue weighted by atomic mass is 10.1. The van der Waals surface area contributed by atoms with E-state index in [-0.39, 0.29) is 23.6 Å². The molecule has 3 heterocycles. The SMILES string of the molecule is NC=C(C=NCc1cn2cc(C3CC3)ccc2n1)C(=O)NCc1cc(=O)[nH]c2ccccc12. The lowest BCUT2D eigenvalue weighted by Gasteiger charge is -2.08. The van der Waals surface area contributed by atoms with Crippen LogP contribution in [-0.4, -0.2) is 26.5 Å². The van der Waals surface area contributed by atoms with Gasteiger partial charge in [-0.1, -0.05) is 24.3 Å². The number of benzene rings is 1. The van der Waals surface area contributed by atoms with Gasteiger partial charge in [-0.2, -0.15) is 0 Å². The van der Waals surface area contributed by atoms with Crippen molar-refractivity contribution in [1.29, 1.82) is 0 Å². The number of aromatic amines is 1. The highest BCUT2D eigenvalue weighted by Gasteiger charge is 2.23. The number of imidazole rings is 1. The molecule has 0 unspecified atom stereocenters. The first-order valence-electron chi connectivity index (χ1n) is 10.9. The molecule has 4 aromatic rings. The summed E-state index contributed by atoms with van der Waals surface area (Å²) in [5.41, 5.74) is 10.2. The quantitative estimate of drug-likeness (QED) is 0.302. The number of hydrogen-bond acceptors (Lipinski definition) is 5. The van der Waals surface area contributed by atoms with Gasteiger partial charge >= 0.3 is 0 Å². The number of nitrogens with zero attached hydrogens (tertiary/aromatic N) is 3. The Morgan fingerprint density at radius 3 is 2.91 bits per heavy atom. The zero-order chi connectivity index (χ0) is 22.8. The van der Waals surface area contributed by atoms with E-state index in [1.54, 1.807) is 0 Å². The van der Waals surface area contributed by atoms with Gasteiger partial charge in [-0.3, -0.25) is 14.6 Å². The van der Waals surface area contributed by atoms with E-state index in [4.69, 9.17) is 5.73 Å². The first kappa shape index (κ1) is 20.7. The molecule has 0 aliphatic heterocycles. The molecule has 166 valence electrons. The smallest absolute Gasteiger partial charge is 0.254 e. The summed E-state index contributed by atoms with van der Waals surface area (Å²) >= 11 is 0. The topological polar surface area (TPSA) is 118 Å². The van der Waals surface area contributed by atoms with Crippen LogP contribution in [0.25, 0.3) is 16.6 Å². The van der Waals surface area contributed by atoms with E-state index in [0.717, 1.165) is 27.8 Å². The maximum Gasteiger partial charge on any atom is 0.254 e. The van der Waals surface area contributed by atoms with Gasteiger partial charge in [0.1, 0.15) is 5.65 Å². The Kier molecular flexibility index (Phi) is 5.48. The lowest BCUT2D eigenvalue weighted by molar-refractivity contribution is -0.117. The second-order valence-electron chi connectivity index (χ2n) is 8.21. The van der Waals surface area contributed by atoms with Crippen LogP contribution in [0.5, 0.6) is 0 Å². The highest BCUT2D eigenvalue weighted by Crippen LogP contribution is 2.39. The highest BCUT2D eigenvalue weighted by molar-refractivity contribution is 6.12. The Balaban J connectivity index is 1.23. The average molecular weight is 441 g/mol. The van der Waals surface area contributed by atoms with Crippen LogP contribution >= 0.6 is 0 Å². The van der Waals surface area contributed by atoms with Gasteiger partial charge in [0.15, 0.2) is 0 Å². The lowest BCUT2D eigenvalue weighted by Crippen LogP contribution is -2.26. The second-order valence-corrected chi connectivity index (χ2v) is 8.21. The molecule has 5 rings (SSSR count). The van der Waals surface area contributed by atoms with Crippen molar-refractivity contribution in [2.45, 2.75) is 31.8 Å². The van der Waals surface area contributed by atoms with Gasteiger partial charge in [0.25, 0.3) is 5.91 Å². The fraction of sp³-hybridized carbons (Fsp3) is 0.200. The molecule has 1 saturated carbocycles. The Morgan fingerprint density at radius 2 is 2.09 bits per heavy atom. The number of hydrogen-bond donors (Lipinski definition) is 3. The third kappa shape index (κ3) is 4.55.